The quantitative estimate of drug-likeness (QED) is 0.564. The maximum Gasteiger partial charge on any atom is 0.250 e. The highest BCUT2D eigenvalue weighted by atomic mass is 35.5. The topological polar surface area (TPSA) is 49.4 Å². The Morgan fingerprint density at radius 3 is 2.47 bits per heavy atom. The summed E-state index contributed by atoms with van der Waals surface area (Å²) in [4.78, 5) is 30.4. The zero-order valence-electron chi connectivity index (χ0n) is 17.5. The molecule has 4 nitrogen and oxygen atoms in total. The minimum absolute atomic E-state index is 0.0110. The van der Waals surface area contributed by atoms with Crippen molar-refractivity contribution in [1.82, 2.24) is 4.90 Å². The normalized spacial score (nSPS) is 28.5. The molecule has 1 N–H and O–H groups in total. The number of halogens is 1. The summed E-state index contributed by atoms with van der Waals surface area (Å²) in [5.74, 6) is -0.731. The highest BCUT2D eigenvalue weighted by Gasteiger charge is 2.69. The first kappa shape index (κ1) is 19.7. The van der Waals surface area contributed by atoms with Crippen molar-refractivity contribution in [3.63, 3.8) is 0 Å². The van der Waals surface area contributed by atoms with E-state index in [2.05, 4.69) is 22.3 Å². The minimum Gasteiger partial charge on any atom is -0.324 e. The van der Waals surface area contributed by atoms with Crippen molar-refractivity contribution in [2.75, 3.05) is 11.9 Å². The number of benzene rings is 3. The molecule has 3 aliphatic heterocycles. The summed E-state index contributed by atoms with van der Waals surface area (Å²) in [6.45, 7) is 0.784. The maximum absolute atomic E-state index is 14.2. The van der Waals surface area contributed by atoms with E-state index in [1.807, 2.05) is 60.7 Å². The molecule has 0 aromatic heterocycles. The van der Waals surface area contributed by atoms with E-state index in [-0.39, 0.29) is 23.7 Å². The third-order valence-electron chi connectivity index (χ3n) is 7.49. The van der Waals surface area contributed by atoms with E-state index < -0.39 is 11.5 Å². The van der Waals surface area contributed by atoms with E-state index >= 15 is 0 Å². The van der Waals surface area contributed by atoms with E-state index in [1.165, 1.54) is 0 Å². The summed E-state index contributed by atoms with van der Waals surface area (Å²) >= 11 is 6.43. The van der Waals surface area contributed by atoms with Crippen LogP contribution < -0.4 is 5.32 Å². The molecule has 32 heavy (non-hydrogen) atoms. The van der Waals surface area contributed by atoms with Crippen LogP contribution in [0.3, 0.4) is 0 Å². The van der Waals surface area contributed by atoms with Crippen molar-refractivity contribution in [2.45, 2.75) is 30.3 Å². The van der Waals surface area contributed by atoms with Crippen LogP contribution in [-0.4, -0.2) is 29.2 Å². The van der Waals surface area contributed by atoms with Crippen molar-refractivity contribution in [2.24, 2.45) is 5.92 Å². The molecular formula is C27H23ClN2O2. The Hall–Kier alpha value is -2.95. The Bertz CT molecular complexity index is 1210. The molecule has 3 aliphatic rings. The van der Waals surface area contributed by atoms with Crippen LogP contribution >= 0.6 is 11.6 Å². The van der Waals surface area contributed by atoms with E-state index in [1.54, 1.807) is 6.07 Å². The number of amides is 1. The van der Waals surface area contributed by atoms with Crippen molar-refractivity contribution < 1.29 is 9.59 Å². The highest BCUT2D eigenvalue weighted by molar-refractivity contribution is 6.31. The van der Waals surface area contributed by atoms with Crippen molar-refractivity contribution in [3.05, 3.63) is 101 Å². The molecule has 160 valence electrons. The Balaban J connectivity index is 1.63. The summed E-state index contributed by atoms with van der Waals surface area (Å²) in [5, 5.41) is 3.66. The number of nitrogens with zero attached hydrogens (tertiary/aromatic N) is 1. The van der Waals surface area contributed by atoms with Crippen molar-refractivity contribution in [3.8, 4) is 0 Å². The van der Waals surface area contributed by atoms with Crippen LogP contribution in [0, 0.1) is 5.92 Å². The number of Topliss-reactive ketones (excluding diaryl/α,β-unsaturated/α-hetero) is 1. The largest absolute Gasteiger partial charge is 0.324 e. The second-order valence-electron chi connectivity index (χ2n) is 8.96. The van der Waals surface area contributed by atoms with Gasteiger partial charge in [0.1, 0.15) is 5.54 Å². The van der Waals surface area contributed by atoms with Gasteiger partial charge in [-0.1, -0.05) is 72.3 Å². The molecule has 1 amide bonds. The van der Waals surface area contributed by atoms with E-state index in [4.69, 9.17) is 11.6 Å². The monoisotopic (exact) mass is 442 g/mol. The van der Waals surface area contributed by atoms with Crippen LogP contribution in [-0.2, 0) is 10.3 Å². The van der Waals surface area contributed by atoms with Gasteiger partial charge < -0.3 is 5.32 Å². The smallest absolute Gasteiger partial charge is 0.250 e. The van der Waals surface area contributed by atoms with Gasteiger partial charge in [-0.05, 0) is 43.1 Å². The molecule has 0 radical (unpaired) electrons. The lowest BCUT2D eigenvalue weighted by molar-refractivity contribution is -0.127. The molecule has 3 heterocycles. The summed E-state index contributed by atoms with van der Waals surface area (Å²) in [7, 11) is 0. The predicted molar refractivity (Wildman–Crippen MR) is 125 cm³/mol. The van der Waals surface area contributed by atoms with Crippen LogP contribution in [0.2, 0.25) is 5.02 Å². The lowest BCUT2D eigenvalue weighted by Crippen LogP contribution is -2.52. The molecule has 2 fully saturated rings. The van der Waals surface area contributed by atoms with Gasteiger partial charge in [0.2, 0.25) is 5.91 Å². The molecule has 3 aromatic rings. The number of hydrogen-bond donors (Lipinski definition) is 1. The Morgan fingerprint density at radius 2 is 1.72 bits per heavy atom. The molecule has 6 rings (SSSR count). The molecule has 0 aliphatic carbocycles. The number of ketones is 1. The van der Waals surface area contributed by atoms with Gasteiger partial charge in [0.05, 0.1) is 5.92 Å². The molecule has 5 heteroatoms. The van der Waals surface area contributed by atoms with Gasteiger partial charge in [0.25, 0.3) is 0 Å². The third-order valence-corrected chi connectivity index (χ3v) is 7.72. The number of fused-ring (bicyclic) bond motifs is 4. The second-order valence-corrected chi connectivity index (χ2v) is 9.39. The second kappa shape index (κ2) is 7.29. The van der Waals surface area contributed by atoms with Crippen LogP contribution in [0.1, 0.15) is 40.2 Å². The minimum atomic E-state index is -1.06. The molecule has 0 saturated carbocycles. The number of anilines is 1. The first-order chi connectivity index (χ1) is 15.6. The van der Waals surface area contributed by atoms with Gasteiger partial charge in [-0.25, -0.2) is 0 Å². The third kappa shape index (κ3) is 2.60. The van der Waals surface area contributed by atoms with Crippen LogP contribution in [0.4, 0.5) is 5.69 Å². The van der Waals surface area contributed by atoms with Gasteiger partial charge in [-0.3, -0.25) is 14.5 Å². The molecule has 0 bridgehead atoms. The van der Waals surface area contributed by atoms with Crippen molar-refractivity contribution >= 4 is 29.0 Å². The number of nitrogens with one attached hydrogen (secondary N) is 1. The summed E-state index contributed by atoms with van der Waals surface area (Å²) in [5.41, 5.74) is 2.27. The van der Waals surface area contributed by atoms with Crippen LogP contribution in [0.15, 0.2) is 78.9 Å². The van der Waals surface area contributed by atoms with Crippen LogP contribution in [0.25, 0.3) is 0 Å². The first-order valence-electron chi connectivity index (χ1n) is 11.1. The first-order valence-corrected chi connectivity index (χ1v) is 11.5. The Kier molecular flexibility index (Phi) is 4.49. The van der Waals surface area contributed by atoms with Gasteiger partial charge in [0, 0.05) is 33.8 Å². The molecular weight excluding hydrogens is 420 g/mol. The number of carbonyl (C=O) groups is 2. The summed E-state index contributed by atoms with van der Waals surface area (Å²) < 4.78 is 0. The van der Waals surface area contributed by atoms with Gasteiger partial charge in [-0.2, -0.15) is 0 Å². The van der Waals surface area contributed by atoms with E-state index in [0.717, 1.165) is 36.2 Å². The lowest BCUT2D eigenvalue weighted by Gasteiger charge is -2.37. The van der Waals surface area contributed by atoms with Gasteiger partial charge >= 0.3 is 0 Å². The van der Waals surface area contributed by atoms with E-state index in [9.17, 15) is 9.59 Å². The summed E-state index contributed by atoms with van der Waals surface area (Å²) in [6.07, 6.45) is 1.97. The fourth-order valence-corrected chi connectivity index (χ4v) is 6.54. The van der Waals surface area contributed by atoms with E-state index in [0.29, 0.717) is 10.6 Å². The Labute approximate surface area is 192 Å². The lowest BCUT2D eigenvalue weighted by atomic mass is 9.69. The van der Waals surface area contributed by atoms with Gasteiger partial charge in [-0.15, -0.1) is 0 Å². The highest BCUT2D eigenvalue weighted by Crippen LogP contribution is 2.61. The van der Waals surface area contributed by atoms with Gasteiger partial charge in [0.15, 0.2) is 5.78 Å². The SMILES string of the molecule is O=C(c1ccccc1)[C@H]1[C@H](c2ccccc2)C2CCCN2C12C(=O)Nc1ccc(Cl)cc12. The molecule has 2 unspecified atom stereocenters. The number of carbonyl (C=O) groups excluding carboxylic acids is 2. The molecule has 4 atom stereocenters. The number of hydrogen-bond acceptors (Lipinski definition) is 3. The number of rotatable bonds is 3. The fraction of sp³-hybridized carbons (Fsp3) is 0.259. The molecule has 2 saturated heterocycles. The van der Waals surface area contributed by atoms with Crippen molar-refractivity contribution in [1.29, 1.82) is 0 Å². The standard InChI is InChI=1S/C27H23ClN2O2/c28-19-13-14-21-20(16-19)27(26(32)29-21)24(25(31)18-10-5-2-6-11-18)23(17-8-3-1-4-9-17)22-12-7-15-30(22)27/h1-6,8-11,13-14,16,22-24H,7,12,15H2,(H,29,32)/t22?,23-,24-,27?/m1/s1. The fourth-order valence-electron chi connectivity index (χ4n) is 6.36. The Morgan fingerprint density at radius 1 is 1.00 bits per heavy atom. The van der Waals surface area contributed by atoms with Crippen LogP contribution in [0.5, 0.6) is 0 Å². The predicted octanol–water partition coefficient (Wildman–Crippen LogP) is 5.25. The molecule has 3 aromatic carbocycles. The average molecular weight is 443 g/mol. The summed E-state index contributed by atoms with van der Waals surface area (Å²) in [6, 6.07) is 25.2. The molecule has 1 spiro atoms. The maximum atomic E-state index is 14.2. The zero-order valence-corrected chi connectivity index (χ0v) is 18.3. The average Bonchev–Trinajstić information content (AvgIpc) is 3.48. The zero-order chi connectivity index (χ0) is 21.9.